The normalized spacial score (nSPS) is 16.7. The molecule has 0 aromatic heterocycles. The molecular formula is C15H25Cl2FN2O. The minimum absolute atomic E-state index is 0. The van der Waals surface area contributed by atoms with Crippen LogP contribution in [0.3, 0.4) is 0 Å². The highest BCUT2D eigenvalue weighted by Crippen LogP contribution is 2.36. The van der Waals surface area contributed by atoms with Gasteiger partial charge in [-0.05, 0) is 25.0 Å². The molecule has 21 heavy (non-hydrogen) atoms. The largest absolute Gasteiger partial charge is 0.507 e. The molecule has 0 unspecified atom stereocenters. The monoisotopic (exact) mass is 338 g/mol. The number of piperazine rings is 1. The molecule has 1 aliphatic heterocycles. The Morgan fingerprint density at radius 1 is 1.29 bits per heavy atom. The van der Waals surface area contributed by atoms with Gasteiger partial charge in [0, 0.05) is 37.8 Å². The average Bonchev–Trinajstić information content (AvgIpc) is 2.43. The van der Waals surface area contributed by atoms with Crippen LogP contribution >= 0.6 is 24.8 Å². The fourth-order valence-electron chi connectivity index (χ4n) is 2.79. The third-order valence-electron chi connectivity index (χ3n) is 3.85. The fraction of sp³-hybridized carbons (Fsp3) is 0.600. The van der Waals surface area contributed by atoms with Crippen molar-refractivity contribution in [3.05, 3.63) is 29.1 Å². The average molecular weight is 339 g/mol. The standard InChI is InChI=1S/C15H23FN2O.2ClH/c1-3-4-13(18-9-7-17-8-10-18)14-12(16)6-5-11(2)15(14)19;;/h5-6,13,17,19H,3-4,7-10H2,1-2H3;2*1H/t13-;;/m0../s1. The highest BCUT2D eigenvalue weighted by atomic mass is 35.5. The second-order valence-corrected chi connectivity index (χ2v) is 5.22. The van der Waals surface area contributed by atoms with Crippen LogP contribution in [0.1, 0.15) is 36.9 Å². The Kier molecular flexibility index (Phi) is 9.22. The van der Waals surface area contributed by atoms with Gasteiger partial charge in [0.2, 0.25) is 0 Å². The Morgan fingerprint density at radius 3 is 2.48 bits per heavy atom. The smallest absolute Gasteiger partial charge is 0.131 e. The molecule has 1 aromatic rings. The molecule has 1 fully saturated rings. The summed E-state index contributed by atoms with van der Waals surface area (Å²) in [6.07, 6.45) is 1.84. The van der Waals surface area contributed by atoms with Gasteiger partial charge in [0.1, 0.15) is 11.6 Å². The maximum Gasteiger partial charge on any atom is 0.131 e. The minimum atomic E-state index is -0.292. The molecule has 0 bridgehead atoms. The van der Waals surface area contributed by atoms with Crippen molar-refractivity contribution < 1.29 is 9.50 Å². The van der Waals surface area contributed by atoms with Crippen LogP contribution in [-0.2, 0) is 0 Å². The molecule has 0 amide bonds. The number of benzene rings is 1. The Morgan fingerprint density at radius 2 is 1.90 bits per heavy atom. The molecule has 0 aliphatic carbocycles. The summed E-state index contributed by atoms with van der Waals surface area (Å²) in [5, 5.41) is 13.5. The van der Waals surface area contributed by atoms with Crippen molar-refractivity contribution in [1.29, 1.82) is 0 Å². The summed E-state index contributed by atoms with van der Waals surface area (Å²) in [7, 11) is 0. The molecule has 2 rings (SSSR count). The van der Waals surface area contributed by atoms with E-state index in [4.69, 9.17) is 0 Å². The van der Waals surface area contributed by atoms with Crippen LogP contribution < -0.4 is 5.32 Å². The van der Waals surface area contributed by atoms with Gasteiger partial charge in [-0.25, -0.2) is 4.39 Å². The van der Waals surface area contributed by atoms with Crippen LogP contribution in [0, 0.1) is 12.7 Å². The van der Waals surface area contributed by atoms with Gasteiger partial charge < -0.3 is 10.4 Å². The van der Waals surface area contributed by atoms with Gasteiger partial charge in [0.25, 0.3) is 0 Å². The molecule has 1 aromatic carbocycles. The van der Waals surface area contributed by atoms with E-state index in [1.165, 1.54) is 6.07 Å². The van der Waals surface area contributed by atoms with Crippen molar-refractivity contribution in [3.8, 4) is 5.75 Å². The number of aromatic hydroxyl groups is 1. The predicted molar refractivity (Wildman–Crippen MR) is 89.4 cm³/mol. The fourth-order valence-corrected chi connectivity index (χ4v) is 2.79. The number of aryl methyl sites for hydroxylation is 1. The van der Waals surface area contributed by atoms with Gasteiger partial charge in [-0.2, -0.15) is 0 Å². The zero-order valence-corrected chi connectivity index (χ0v) is 14.2. The van der Waals surface area contributed by atoms with Crippen molar-refractivity contribution in [1.82, 2.24) is 10.2 Å². The molecule has 3 nitrogen and oxygen atoms in total. The number of rotatable bonds is 4. The molecule has 2 N–H and O–H groups in total. The molecule has 0 saturated carbocycles. The van der Waals surface area contributed by atoms with Crippen LogP contribution in [0.15, 0.2) is 12.1 Å². The summed E-state index contributed by atoms with van der Waals surface area (Å²) in [5.74, 6) is -0.169. The van der Waals surface area contributed by atoms with Crippen LogP contribution in [0.2, 0.25) is 0 Å². The Hall–Kier alpha value is -0.550. The number of nitrogens with zero attached hydrogens (tertiary/aromatic N) is 1. The van der Waals surface area contributed by atoms with E-state index in [1.54, 1.807) is 6.07 Å². The van der Waals surface area contributed by atoms with Crippen molar-refractivity contribution in [2.45, 2.75) is 32.7 Å². The highest BCUT2D eigenvalue weighted by Gasteiger charge is 2.27. The molecular weight excluding hydrogens is 314 g/mol. The molecule has 1 aliphatic rings. The lowest BCUT2D eigenvalue weighted by Crippen LogP contribution is -2.45. The maximum atomic E-state index is 14.2. The summed E-state index contributed by atoms with van der Waals surface area (Å²) in [5.41, 5.74) is 1.22. The third kappa shape index (κ3) is 4.71. The number of phenols is 1. The van der Waals surface area contributed by atoms with Crippen LogP contribution in [0.5, 0.6) is 5.75 Å². The number of phenolic OH excluding ortho intramolecular Hbond substituents is 1. The van der Waals surface area contributed by atoms with Crippen LogP contribution in [-0.4, -0.2) is 36.2 Å². The van der Waals surface area contributed by atoms with Crippen molar-refractivity contribution in [2.75, 3.05) is 26.2 Å². The van der Waals surface area contributed by atoms with Gasteiger partial charge in [-0.1, -0.05) is 19.4 Å². The Bertz CT molecular complexity index is 440. The molecule has 1 saturated heterocycles. The van der Waals surface area contributed by atoms with Crippen LogP contribution in [0.4, 0.5) is 4.39 Å². The van der Waals surface area contributed by atoms with E-state index in [0.717, 1.165) is 44.6 Å². The molecule has 6 heteroatoms. The first-order valence-electron chi connectivity index (χ1n) is 7.08. The quantitative estimate of drug-likeness (QED) is 0.882. The van der Waals surface area contributed by atoms with Crippen molar-refractivity contribution in [3.63, 3.8) is 0 Å². The highest BCUT2D eigenvalue weighted by molar-refractivity contribution is 5.85. The maximum absolute atomic E-state index is 14.2. The first kappa shape index (κ1) is 20.5. The minimum Gasteiger partial charge on any atom is -0.507 e. The Labute approximate surface area is 138 Å². The summed E-state index contributed by atoms with van der Waals surface area (Å²) in [6, 6.07) is 3.08. The van der Waals surface area contributed by atoms with E-state index in [1.807, 2.05) is 6.92 Å². The molecule has 0 radical (unpaired) electrons. The molecule has 1 atom stereocenters. The SMILES string of the molecule is CCC[C@@H](c1c(F)ccc(C)c1O)N1CCNCC1.Cl.Cl. The zero-order valence-electron chi connectivity index (χ0n) is 12.6. The summed E-state index contributed by atoms with van der Waals surface area (Å²) < 4.78 is 14.2. The molecule has 0 spiro atoms. The number of nitrogens with one attached hydrogen (secondary N) is 1. The molecule has 1 heterocycles. The van der Waals surface area contributed by atoms with Gasteiger partial charge in [0.15, 0.2) is 0 Å². The topological polar surface area (TPSA) is 35.5 Å². The summed E-state index contributed by atoms with van der Waals surface area (Å²) in [4.78, 5) is 2.28. The van der Waals surface area contributed by atoms with Gasteiger partial charge in [-0.3, -0.25) is 4.90 Å². The lowest BCUT2D eigenvalue weighted by atomic mass is 9.96. The number of hydrogen-bond donors (Lipinski definition) is 2. The van der Waals surface area contributed by atoms with E-state index < -0.39 is 0 Å². The lowest BCUT2D eigenvalue weighted by Gasteiger charge is -2.35. The molecule has 122 valence electrons. The lowest BCUT2D eigenvalue weighted by molar-refractivity contribution is 0.158. The first-order valence-corrected chi connectivity index (χ1v) is 7.08. The summed E-state index contributed by atoms with van der Waals surface area (Å²) >= 11 is 0. The van der Waals surface area contributed by atoms with E-state index in [9.17, 15) is 9.50 Å². The van der Waals surface area contributed by atoms with Gasteiger partial charge in [-0.15, -0.1) is 24.8 Å². The van der Waals surface area contributed by atoms with E-state index in [-0.39, 0.29) is 42.4 Å². The van der Waals surface area contributed by atoms with E-state index in [0.29, 0.717) is 5.56 Å². The van der Waals surface area contributed by atoms with Gasteiger partial charge in [0.05, 0.1) is 0 Å². The second-order valence-electron chi connectivity index (χ2n) is 5.22. The number of hydrogen-bond acceptors (Lipinski definition) is 3. The zero-order chi connectivity index (χ0) is 13.8. The number of halogens is 3. The second kappa shape index (κ2) is 9.46. The van der Waals surface area contributed by atoms with Crippen molar-refractivity contribution in [2.24, 2.45) is 0 Å². The third-order valence-corrected chi connectivity index (χ3v) is 3.85. The van der Waals surface area contributed by atoms with E-state index in [2.05, 4.69) is 17.1 Å². The first-order chi connectivity index (χ1) is 9.15. The van der Waals surface area contributed by atoms with Crippen molar-refractivity contribution >= 4 is 24.8 Å². The van der Waals surface area contributed by atoms with E-state index >= 15 is 0 Å². The van der Waals surface area contributed by atoms with Crippen LogP contribution in [0.25, 0.3) is 0 Å². The Balaban J connectivity index is 0.00000200. The predicted octanol–water partition coefficient (Wildman–Crippen LogP) is 3.43. The summed E-state index contributed by atoms with van der Waals surface area (Å²) in [6.45, 7) is 7.57. The van der Waals surface area contributed by atoms with Gasteiger partial charge >= 0.3 is 0 Å².